The van der Waals surface area contributed by atoms with Gasteiger partial charge < -0.3 is 10.4 Å². The maximum Gasteiger partial charge on any atom is 0.317 e. The molecule has 0 saturated carbocycles. The number of hydrogen-bond donors (Lipinski definition) is 2. The summed E-state index contributed by atoms with van der Waals surface area (Å²) in [6.07, 6.45) is 3.19. The van der Waals surface area contributed by atoms with Crippen molar-refractivity contribution in [2.75, 3.05) is 19.6 Å². The molecule has 1 fully saturated rings. The highest BCUT2D eigenvalue weighted by molar-refractivity contribution is 5.75. The molecule has 0 aromatic heterocycles. The number of nitrogens with one attached hydrogen (secondary N) is 1. The summed E-state index contributed by atoms with van der Waals surface area (Å²) in [5.41, 5.74) is 0.877. The van der Waals surface area contributed by atoms with Crippen molar-refractivity contribution in [1.82, 2.24) is 10.2 Å². The number of aliphatic carboxylic acids is 1. The third kappa shape index (κ3) is 6.36. The van der Waals surface area contributed by atoms with Crippen LogP contribution in [0.5, 0.6) is 0 Å². The topological polar surface area (TPSA) is 69.6 Å². The molecule has 5 nitrogen and oxygen atoms in total. The zero-order chi connectivity index (χ0) is 16.7. The lowest BCUT2D eigenvalue weighted by Crippen LogP contribution is -2.37. The van der Waals surface area contributed by atoms with E-state index < -0.39 is 5.97 Å². The number of halogens is 1. The van der Waals surface area contributed by atoms with Gasteiger partial charge in [-0.15, -0.1) is 0 Å². The summed E-state index contributed by atoms with van der Waals surface area (Å²) in [4.78, 5) is 24.5. The number of hydrogen-bond acceptors (Lipinski definition) is 3. The molecule has 1 saturated heterocycles. The van der Waals surface area contributed by atoms with E-state index >= 15 is 0 Å². The zero-order valence-electron chi connectivity index (χ0n) is 13.1. The zero-order valence-corrected chi connectivity index (χ0v) is 13.1. The van der Waals surface area contributed by atoms with Crippen molar-refractivity contribution in [3.05, 3.63) is 35.6 Å². The number of carboxylic acids is 1. The Bertz CT molecular complexity index is 525. The van der Waals surface area contributed by atoms with Gasteiger partial charge >= 0.3 is 5.97 Å². The van der Waals surface area contributed by atoms with Gasteiger partial charge in [0.15, 0.2) is 0 Å². The lowest BCUT2D eigenvalue weighted by atomic mass is 9.92. The molecule has 1 heterocycles. The van der Waals surface area contributed by atoms with E-state index in [1.807, 2.05) is 4.90 Å². The molecule has 6 heteroatoms. The first-order valence-corrected chi connectivity index (χ1v) is 7.98. The van der Waals surface area contributed by atoms with Crippen LogP contribution in [0.15, 0.2) is 24.3 Å². The van der Waals surface area contributed by atoms with Gasteiger partial charge in [0.25, 0.3) is 0 Å². The van der Waals surface area contributed by atoms with E-state index in [9.17, 15) is 14.0 Å². The van der Waals surface area contributed by atoms with Crippen LogP contribution in [-0.4, -0.2) is 41.5 Å². The average Bonchev–Trinajstić information content (AvgIpc) is 2.53. The van der Waals surface area contributed by atoms with Gasteiger partial charge in [0.05, 0.1) is 6.54 Å². The minimum Gasteiger partial charge on any atom is -0.480 e. The van der Waals surface area contributed by atoms with E-state index in [0.29, 0.717) is 18.9 Å². The van der Waals surface area contributed by atoms with Crippen LogP contribution in [0, 0.1) is 11.7 Å². The minimum absolute atomic E-state index is 0.00212. The van der Waals surface area contributed by atoms with Gasteiger partial charge in [-0.2, -0.15) is 0 Å². The largest absolute Gasteiger partial charge is 0.480 e. The third-order valence-electron chi connectivity index (χ3n) is 4.25. The van der Waals surface area contributed by atoms with Gasteiger partial charge in [-0.1, -0.05) is 12.1 Å². The second kappa shape index (κ2) is 8.62. The first-order valence-electron chi connectivity index (χ1n) is 7.98. The fourth-order valence-electron chi connectivity index (χ4n) is 2.85. The first-order chi connectivity index (χ1) is 11.0. The first kappa shape index (κ1) is 17.4. The van der Waals surface area contributed by atoms with Crippen LogP contribution in [0.2, 0.25) is 0 Å². The summed E-state index contributed by atoms with van der Waals surface area (Å²) in [6.45, 7) is 2.09. The number of rotatable bonds is 7. The van der Waals surface area contributed by atoms with Crippen molar-refractivity contribution in [3.8, 4) is 0 Å². The molecular weight excluding hydrogens is 299 g/mol. The van der Waals surface area contributed by atoms with Crippen LogP contribution in [0.1, 0.15) is 31.2 Å². The highest BCUT2D eigenvalue weighted by Crippen LogP contribution is 2.21. The molecule has 0 aliphatic carbocycles. The van der Waals surface area contributed by atoms with Crippen LogP contribution in [0.3, 0.4) is 0 Å². The molecular formula is C17H23FN2O3. The van der Waals surface area contributed by atoms with Gasteiger partial charge in [-0.05, 0) is 56.0 Å². The van der Waals surface area contributed by atoms with Crippen LogP contribution in [0.4, 0.5) is 4.39 Å². The molecule has 2 rings (SSSR count). The number of carbonyl (C=O) groups is 2. The maximum absolute atomic E-state index is 12.8. The van der Waals surface area contributed by atoms with E-state index in [1.54, 1.807) is 12.1 Å². The van der Waals surface area contributed by atoms with Crippen LogP contribution < -0.4 is 5.32 Å². The van der Waals surface area contributed by atoms with Gasteiger partial charge in [0, 0.05) is 13.0 Å². The summed E-state index contributed by atoms with van der Waals surface area (Å²) in [6, 6.07) is 6.08. The SMILES string of the molecule is O=C(O)CN1CCC(CCC(=O)NCc2ccc(F)cc2)CC1. The number of piperidine rings is 1. The number of carbonyl (C=O) groups excluding carboxylic acids is 1. The summed E-state index contributed by atoms with van der Waals surface area (Å²) >= 11 is 0. The summed E-state index contributed by atoms with van der Waals surface area (Å²) in [7, 11) is 0. The molecule has 23 heavy (non-hydrogen) atoms. The Balaban J connectivity index is 1.61. The van der Waals surface area contributed by atoms with E-state index in [2.05, 4.69) is 5.32 Å². The number of amides is 1. The van der Waals surface area contributed by atoms with Crippen LogP contribution >= 0.6 is 0 Å². The van der Waals surface area contributed by atoms with E-state index in [0.717, 1.165) is 37.9 Å². The molecule has 0 atom stereocenters. The maximum atomic E-state index is 12.8. The standard InChI is InChI=1S/C17H23FN2O3/c18-15-4-1-14(2-5-15)11-19-16(21)6-3-13-7-9-20(10-8-13)12-17(22)23/h1-2,4-5,13H,3,6-12H2,(H,19,21)(H,22,23). The Morgan fingerprint density at radius 2 is 1.87 bits per heavy atom. The molecule has 2 N–H and O–H groups in total. The molecule has 1 aliphatic heterocycles. The third-order valence-corrected chi connectivity index (χ3v) is 4.25. The molecule has 0 bridgehead atoms. The van der Waals surface area contributed by atoms with Gasteiger partial charge in [-0.3, -0.25) is 14.5 Å². The molecule has 1 aromatic carbocycles. The molecule has 1 aliphatic rings. The highest BCUT2D eigenvalue weighted by atomic mass is 19.1. The molecule has 1 amide bonds. The number of nitrogens with zero attached hydrogens (tertiary/aromatic N) is 1. The fourth-order valence-corrected chi connectivity index (χ4v) is 2.85. The molecule has 0 spiro atoms. The minimum atomic E-state index is -0.788. The van der Waals surface area contributed by atoms with Crippen molar-refractivity contribution < 1.29 is 19.1 Å². The normalized spacial score (nSPS) is 16.2. The lowest BCUT2D eigenvalue weighted by molar-refractivity contribution is -0.138. The summed E-state index contributed by atoms with van der Waals surface area (Å²) < 4.78 is 12.8. The monoisotopic (exact) mass is 322 g/mol. The Morgan fingerprint density at radius 1 is 1.22 bits per heavy atom. The van der Waals surface area contributed by atoms with Crippen LogP contribution in [0.25, 0.3) is 0 Å². The Hall–Kier alpha value is -1.95. The van der Waals surface area contributed by atoms with E-state index in [1.165, 1.54) is 12.1 Å². The smallest absolute Gasteiger partial charge is 0.317 e. The molecule has 0 radical (unpaired) electrons. The summed E-state index contributed by atoms with van der Waals surface area (Å²) in [5, 5.41) is 11.6. The summed E-state index contributed by atoms with van der Waals surface area (Å²) in [5.74, 6) is -0.586. The van der Waals surface area contributed by atoms with Gasteiger partial charge in [-0.25, -0.2) is 4.39 Å². The second-order valence-corrected chi connectivity index (χ2v) is 6.06. The molecule has 126 valence electrons. The second-order valence-electron chi connectivity index (χ2n) is 6.06. The quantitative estimate of drug-likeness (QED) is 0.806. The number of benzene rings is 1. The van der Waals surface area contributed by atoms with Crippen molar-refractivity contribution in [2.45, 2.75) is 32.2 Å². The lowest BCUT2D eigenvalue weighted by Gasteiger charge is -2.30. The van der Waals surface area contributed by atoms with Gasteiger partial charge in [0.2, 0.25) is 5.91 Å². The molecule has 0 unspecified atom stereocenters. The van der Waals surface area contributed by atoms with Crippen molar-refractivity contribution in [1.29, 1.82) is 0 Å². The Kier molecular flexibility index (Phi) is 6.52. The van der Waals surface area contributed by atoms with E-state index in [4.69, 9.17) is 5.11 Å². The molecule has 1 aromatic rings. The van der Waals surface area contributed by atoms with Crippen molar-refractivity contribution in [2.24, 2.45) is 5.92 Å². The predicted octanol–water partition coefficient (Wildman–Crippen LogP) is 2.02. The number of likely N-dealkylation sites (tertiary alicyclic amines) is 1. The van der Waals surface area contributed by atoms with Gasteiger partial charge in [0.1, 0.15) is 5.82 Å². The highest BCUT2D eigenvalue weighted by Gasteiger charge is 2.21. The average molecular weight is 322 g/mol. The Morgan fingerprint density at radius 3 is 2.48 bits per heavy atom. The van der Waals surface area contributed by atoms with Crippen molar-refractivity contribution in [3.63, 3.8) is 0 Å². The Labute approximate surface area is 135 Å². The predicted molar refractivity (Wildman–Crippen MR) is 84.3 cm³/mol. The number of carboxylic acid groups (broad SMARTS) is 1. The fraction of sp³-hybridized carbons (Fsp3) is 0.529. The van der Waals surface area contributed by atoms with E-state index in [-0.39, 0.29) is 18.3 Å². The van der Waals surface area contributed by atoms with Crippen molar-refractivity contribution >= 4 is 11.9 Å². The van der Waals surface area contributed by atoms with Crippen LogP contribution in [-0.2, 0) is 16.1 Å².